The summed E-state index contributed by atoms with van der Waals surface area (Å²) >= 11 is 0. The van der Waals surface area contributed by atoms with Crippen LogP contribution in [0.3, 0.4) is 0 Å². The Morgan fingerprint density at radius 2 is 1.62 bits per heavy atom. The Balaban J connectivity index is 1.82. The van der Waals surface area contributed by atoms with E-state index in [9.17, 15) is 28.2 Å². The summed E-state index contributed by atoms with van der Waals surface area (Å²) < 4.78 is 40.0. The first kappa shape index (κ1) is 16.1. The normalized spacial score (nSPS) is 23.1. The Morgan fingerprint density at radius 3 is 2.04 bits per heavy atom. The quantitative estimate of drug-likeness (QED) is 0.728. The van der Waals surface area contributed by atoms with Crippen molar-refractivity contribution in [2.75, 3.05) is 7.05 Å². The zero-order valence-corrected chi connectivity index (χ0v) is 12.2. The molecule has 128 valence electrons. The van der Waals surface area contributed by atoms with Crippen LogP contribution in [0.25, 0.3) is 0 Å². The standard InChI is InChI=1S/C14H12F3N3O4/c1-19-13(18-19,14(15,16)17)9-4-2-8(3-5-9)12(23)24-20-10(21)6-7-11(20)22/h2-7,18,21-22H,1H3. The lowest BCUT2D eigenvalue weighted by atomic mass is 10.0. The molecule has 1 fully saturated rings. The van der Waals surface area contributed by atoms with Crippen LogP contribution in [0.1, 0.15) is 15.9 Å². The van der Waals surface area contributed by atoms with Crippen molar-refractivity contribution in [2.45, 2.75) is 11.8 Å². The van der Waals surface area contributed by atoms with Gasteiger partial charge in [-0.15, -0.1) is 4.73 Å². The van der Waals surface area contributed by atoms with E-state index in [-0.39, 0.29) is 11.1 Å². The summed E-state index contributed by atoms with van der Waals surface area (Å²) in [6.07, 6.45) is -4.54. The highest BCUT2D eigenvalue weighted by Crippen LogP contribution is 2.48. The van der Waals surface area contributed by atoms with Crippen molar-refractivity contribution < 1.29 is 33.0 Å². The summed E-state index contributed by atoms with van der Waals surface area (Å²) in [6.45, 7) is 0. The fraction of sp³-hybridized carbons (Fsp3) is 0.214. The number of benzene rings is 1. The molecule has 7 nitrogen and oxygen atoms in total. The number of carbonyl (C=O) groups excluding carboxylic acids is 1. The zero-order chi connectivity index (χ0) is 17.7. The van der Waals surface area contributed by atoms with E-state index in [2.05, 4.69) is 5.43 Å². The SMILES string of the molecule is CN1NC1(c1ccc(C(=O)On2c(O)ccc2O)cc1)C(F)(F)F. The van der Waals surface area contributed by atoms with Crippen LogP contribution in [-0.2, 0) is 5.66 Å². The van der Waals surface area contributed by atoms with Gasteiger partial charge in [-0.1, -0.05) is 12.1 Å². The molecule has 1 aliphatic rings. The molecular weight excluding hydrogens is 331 g/mol. The highest BCUT2D eigenvalue weighted by atomic mass is 19.4. The fourth-order valence-corrected chi connectivity index (χ4v) is 2.37. The molecule has 1 aliphatic heterocycles. The maximum absolute atomic E-state index is 13.2. The highest BCUT2D eigenvalue weighted by Gasteiger charge is 2.69. The molecule has 2 unspecified atom stereocenters. The van der Waals surface area contributed by atoms with E-state index >= 15 is 0 Å². The van der Waals surface area contributed by atoms with Crippen molar-refractivity contribution in [3.05, 3.63) is 47.5 Å². The van der Waals surface area contributed by atoms with Crippen LogP contribution >= 0.6 is 0 Å². The van der Waals surface area contributed by atoms with E-state index in [0.717, 1.165) is 41.4 Å². The average molecular weight is 343 g/mol. The number of carbonyl (C=O) groups is 1. The smallest absolute Gasteiger partial charge is 0.426 e. The molecule has 1 aromatic carbocycles. The summed E-state index contributed by atoms with van der Waals surface area (Å²) in [5.41, 5.74) is -0.180. The molecule has 2 aromatic rings. The maximum atomic E-state index is 13.2. The molecule has 1 saturated heterocycles. The molecule has 0 saturated carbocycles. The van der Waals surface area contributed by atoms with Crippen molar-refractivity contribution in [1.29, 1.82) is 0 Å². The van der Waals surface area contributed by atoms with Gasteiger partial charge in [0, 0.05) is 19.2 Å². The minimum absolute atomic E-state index is 0.0492. The molecule has 2 heterocycles. The van der Waals surface area contributed by atoms with Crippen LogP contribution in [0.5, 0.6) is 11.8 Å². The van der Waals surface area contributed by atoms with Gasteiger partial charge >= 0.3 is 12.1 Å². The number of aromatic hydroxyl groups is 2. The zero-order valence-electron chi connectivity index (χ0n) is 12.2. The van der Waals surface area contributed by atoms with Crippen LogP contribution < -0.4 is 10.3 Å². The first-order valence-electron chi connectivity index (χ1n) is 6.68. The van der Waals surface area contributed by atoms with E-state index < -0.39 is 29.6 Å². The van der Waals surface area contributed by atoms with Crippen molar-refractivity contribution >= 4 is 5.97 Å². The largest absolute Gasteiger partial charge is 0.492 e. The van der Waals surface area contributed by atoms with Crippen molar-refractivity contribution in [3.63, 3.8) is 0 Å². The molecule has 0 bridgehead atoms. The molecule has 0 amide bonds. The molecule has 2 atom stereocenters. The lowest BCUT2D eigenvalue weighted by Crippen LogP contribution is -2.35. The van der Waals surface area contributed by atoms with Gasteiger partial charge in [-0.3, -0.25) is 0 Å². The fourth-order valence-electron chi connectivity index (χ4n) is 2.37. The monoisotopic (exact) mass is 343 g/mol. The number of hydrazine groups is 1. The predicted octanol–water partition coefficient (Wildman–Crippen LogP) is 1.33. The number of aromatic nitrogens is 1. The molecule has 24 heavy (non-hydrogen) atoms. The minimum atomic E-state index is -4.54. The molecule has 0 spiro atoms. The molecule has 1 aromatic heterocycles. The average Bonchev–Trinajstić information content (AvgIpc) is 3.13. The topological polar surface area (TPSA) is 96.6 Å². The van der Waals surface area contributed by atoms with Gasteiger partial charge in [0.15, 0.2) is 0 Å². The van der Waals surface area contributed by atoms with Gasteiger partial charge in [-0.25, -0.2) is 15.2 Å². The molecule has 3 rings (SSSR count). The van der Waals surface area contributed by atoms with Crippen LogP contribution in [0, 0.1) is 0 Å². The third-order valence-corrected chi connectivity index (χ3v) is 3.70. The van der Waals surface area contributed by atoms with Gasteiger partial charge in [0.1, 0.15) is 0 Å². The van der Waals surface area contributed by atoms with E-state index in [4.69, 9.17) is 4.84 Å². The second-order valence-corrected chi connectivity index (χ2v) is 5.18. The molecular formula is C14H12F3N3O4. The van der Waals surface area contributed by atoms with Crippen LogP contribution in [0.2, 0.25) is 0 Å². The number of nitrogens with zero attached hydrogens (tertiary/aromatic N) is 2. The predicted molar refractivity (Wildman–Crippen MR) is 73.7 cm³/mol. The number of alkyl halides is 3. The highest BCUT2D eigenvalue weighted by molar-refractivity contribution is 5.89. The molecule has 3 N–H and O–H groups in total. The molecule has 0 radical (unpaired) electrons. The van der Waals surface area contributed by atoms with Gasteiger partial charge in [0.25, 0.3) is 0 Å². The maximum Gasteiger partial charge on any atom is 0.426 e. The lowest BCUT2D eigenvalue weighted by molar-refractivity contribution is -0.174. The number of hydrogen-bond acceptors (Lipinski definition) is 6. The van der Waals surface area contributed by atoms with Crippen molar-refractivity contribution in [1.82, 2.24) is 15.2 Å². The van der Waals surface area contributed by atoms with E-state index in [1.54, 1.807) is 0 Å². The Bertz CT molecular complexity index is 768. The second-order valence-electron chi connectivity index (χ2n) is 5.18. The first-order valence-corrected chi connectivity index (χ1v) is 6.68. The molecule has 0 aliphatic carbocycles. The van der Waals surface area contributed by atoms with Crippen LogP contribution in [0.4, 0.5) is 13.2 Å². The summed E-state index contributed by atoms with van der Waals surface area (Å²) in [5.74, 6) is -1.96. The number of nitrogens with one attached hydrogen (secondary N) is 1. The van der Waals surface area contributed by atoms with E-state index in [0.29, 0.717) is 4.73 Å². The first-order chi connectivity index (χ1) is 11.2. The molecule has 10 heteroatoms. The summed E-state index contributed by atoms with van der Waals surface area (Å²) in [7, 11) is 1.26. The summed E-state index contributed by atoms with van der Waals surface area (Å²) in [4.78, 5) is 16.7. The Labute approximate surface area is 133 Å². The van der Waals surface area contributed by atoms with Gasteiger partial charge in [-0.2, -0.15) is 13.2 Å². The number of hydrogen-bond donors (Lipinski definition) is 3. The van der Waals surface area contributed by atoms with Crippen molar-refractivity contribution in [3.8, 4) is 11.8 Å². The Kier molecular flexibility index (Phi) is 3.46. The third-order valence-electron chi connectivity index (χ3n) is 3.70. The van der Waals surface area contributed by atoms with Crippen LogP contribution in [0.15, 0.2) is 36.4 Å². The van der Waals surface area contributed by atoms with Gasteiger partial charge in [-0.05, 0) is 17.7 Å². The number of rotatable bonds is 3. The van der Waals surface area contributed by atoms with Crippen molar-refractivity contribution in [2.24, 2.45) is 0 Å². The van der Waals surface area contributed by atoms with Gasteiger partial charge < -0.3 is 15.1 Å². The second kappa shape index (κ2) is 5.14. The minimum Gasteiger partial charge on any atom is -0.492 e. The lowest BCUT2D eigenvalue weighted by Gasteiger charge is -2.18. The summed E-state index contributed by atoms with van der Waals surface area (Å²) in [6, 6.07) is 6.83. The summed E-state index contributed by atoms with van der Waals surface area (Å²) in [5, 5.41) is 19.7. The Hall–Kier alpha value is -2.72. The number of halogens is 3. The van der Waals surface area contributed by atoms with E-state index in [1.165, 1.54) is 7.05 Å². The van der Waals surface area contributed by atoms with Gasteiger partial charge in [0.05, 0.1) is 5.56 Å². The van der Waals surface area contributed by atoms with E-state index in [1.807, 2.05) is 0 Å². The van der Waals surface area contributed by atoms with Crippen LogP contribution in [-0.4, -0.2) is 39.1 Å². The Morgan fingerprint density at radius 1 is 1.12 bits per heavy atom. The van der Waals surface area contributed by atoms with Gasteiger partial charge in [0.2, 0.25) is 17.4 Å². The third kappa shape index (κ3) is 2.36.